The average Bonchev–Trinajstić information content (AvgIpc) is 2.42. The third kappa shape index (κ3) is 7.21. The number of aliphatic carboxylic acids is 1. The van der Waals surface area contributed by atoms with E-state index < -0.39 is 5.97 Å². The van der Waals surface area contributed by atoms with E-state index in [9.17, 15) is 4.79 Å². The van der Waals surface area contributed by atoms with Crippen LogP contribution in [0.25, 0.3) is 6.08 Å². The first kappa shape index (κ1) is 16.6. The Bertz CT molecular complexity index is 445. The molecule has 2 N–H and O–H groups in total. The Labute approximate surface area is 123 Å². The molecular formula is C15H20O4S. The van der Waals surface area contributed by atoms with Crippen LogP contribution in [0.4, 0.5) is 0 Å². The van der Waals surface area contributed by atoms with Crippen LogP contribution in [0.15, 0.2) is 30.3 Å². The predicted molar refractivity (Wildman–Crippen MR) is 82.2 cm³/mol. The third-order valence-corrected chi connectivity index (χ3v) is 3.77. The molecule has 0 amide bonds. The van der Waals surface area contributed by atoms with Crippen LogP contribution in [-0.4, -0.2) is 40.4 Å². The van der Waals surface area contributed by atoms with Crippen molar-refractivity contribution in [1.29, 1.82) is 0 Å². The molecule has 0 aromatic heterocycles. The summed E-state index contributed by atoms with van der Waals surface area (Å²) >= 11 is 1.76. The highest BCUT2D eigenvalue weighted by Gasteiger charge is 2.01. The molecule has 1 aromatic carbocycles. The van der Waals surface area contributed by atoms with Crippen molar-refractivity contribution in [2.45, 2.75) is 18.6 Å². The zero-order chi connectivity index (χ0) is 14.8. The Hall–Kier alpha value is -1.46. The van der Waals surface area contributed by atoms with E-state index in [0.717, 1.165) is 29.6 Å². The Kier molecular flexibility index (Phi) is 7.84. The highest BCUT2D eigenvalue weighted by atomic mass is 32.2. The second-order valence-electron chi connectivity index (χ2n) is 4.29. The summed E-state index contributed by atoms with van der Waals surface area (Å²) in [6, 6.07) is 7.31. The maximum Gasteiger partial charge on any atom is 0.328 e. The van der Waals surface area contributed by atoms with Crippen LogP contribution >= 0.6 is 11.8 Å². The Morgan fingerprint density at radius 1 is 1.50 bits per heavy atom. The van der Waals surface area contributed by atoms with Gasteiger partial charge in [0, 0.05) is 23.7 Å². The van der Waals surface area contributed by atoms with Crippen molar-refractivity contribution >= 4 is 23.8 Å². The van der Waals surface area contributed by atoms with E-state index in [4.69, 9.17) is 14.9 Å². The smallest absolute Gasteiger partial charge is 0.328 e. The molecule has 0 heterocycles. The lowest BCUT2D eigenvalue weighted by molar-refractivity contribution is -0.131. The van der Waals surface area contributed by atoms with Crippen LogP contribution in [0.2, 0.25) is 0 Å². The lowest BCUT2D eigenvalue weighted by Crippen LogP contribution is -2.06. The van der Waals surface area contributed by atoms with Crippen LogP contribution < -0.4 is 4.74 Å². The van der Waals surface area contributed by atoms with Crippen molar-refractivity contribution in [2.75, 3.05) is 19.0 Å². The molecule has 20 heavy (non-hydrogen) atoms. The minimum atomic E-state index is -0.967. The van der Waals surface area contributed by atoms with E-state index in [1.165, 1.54) is 6.08 Å². The molecule has 110 valence electrons. The third-order valence-electron chi connectivity index (χ3n) is 2.57. The SMILES string of the molecule is CC(CCO)SCCOc1cccc(C=CC(=O)O)c1. The van der Waals surface area contributed by atoms with Crippen LogP contribution in [0, 0.1) is 0 Å². The second kappa shape index (κ2) is 9.44. The number of ether oxygens (including phenoxy) is 1. The highest BCUT2D eigenvalue weighted by Crippen LogP contribution is 2.17. The van der Waals surface area contributed by atoms with Gasteiger partial charge >= 0.3 is 5.97 Å². The van der Waals surface area contributed by atoms with Gasteiger partial charge in [-0.3, -0.25) is 0 Å². The molecule has 0 fully saturated rings. The molecule has 1 unspecified atom stereocenters. The number of carbonyl (C=O) groups is 1. The molecule has 0 saturated carbocycles. The van der Waals surface area contributed by atoms with Crippen molar-refractivity contribution in [1.82, 2.24) is 0 Å². The van der Waals surface area contributed by atoms with E-state index in [1.807, 2.05) is 18.2 Å². The Morgan fingerprint density at radius 3 is 3.00 bits per heavy atom. The summed E-state index contributed by atoms with van der Waals surface area (Å²) in [6.45, 7) is 2.89. The molecule has 1 rings (SSSR count). The fourth-order valence-electron chi connectivity index (χ4n) is 1.55. The van der Waals surface area contributed by atoms with Gasteiger partial charge in [-0.05, 0) is 30.2 Å². The molecule has 1 aromatic rings. The van der Waals surface area contributed by atoms with Crippen molar-refractivity contribution in [2.24, 2.45) is 0 Å². The van der Waals surface area contributed by atoms with Crippen molar-refractivity contribution in [3.8, 4) is 5.75 Å². The van der Waals surface area contributed by atoms with Crippen LogP contribution in [0.5, 0.6) is 5.75 Å². The maximum atomic E-state index is 10.4. The molecule has 5 heteroatoms. The van der Waals surface area contributed by atoms with Crippen LogP contribution in [0.3, 0.4) is 0 Å². The number of rotatable bonds is 9. The van der Waals surface area contributed by atoms with Gasteiger partial charge in [0.1, 0.15) is 5.75 Å². The zero-order valence-electron chi connectivity index (χ0n) is 11.5. The van der Waals surface area contributed by atoms with Gasteiger partial charge in [0.2, 0.25) is 0 Å². The highest BCUT2D eigenvalue weighted by molar-refractivity contribution is 7.99. The zero-order valence-corrected chi connectivity index (χ0v) is 12.3. The first-order chi connectivity index (χ1) is 9.61. The first-order valence-corrected chi connectivity index (χ1v) is 7.53. The van der Waals surface area contributed by atoms with E-state index in [1.54, 1.807) is 17.8 Å². The van der Waals surface area contributed by atoms with Gasteiger partial charge in [0.15, 0.2) is 0 Å². The van der Waals surface area contributed by atoms with E-state index in [0.29, 0.717) is 11.9 Å². The second-order valence-corrected chi connectivity index (χ2v) is 5.83. The molecule has 4 nitrogen and oxygen atoms in total. The standard InChI is InChI=1S/C15H20O4S/c1-12(7-8-16)20-10-9-19-14-4-2-3-13(11-14)5-6-15(17)18/h2-6,11-12,16H,7-10H2,1H3,(H,17,18). The molecule has 0 spiro atoms. The minimum Gasteiger partial charge on any atom is -0.493 e. The number of aliphatic hydroxyl groups excluding tert-OH is 1. The molecule has 0 aliphatic rings. The Morgan fingerprint density at radius 2 is 2.30 bits per heavy atom. The number of hydrogen-bond donors (Lipinski definition) is 2. The van der Waals surface area contributed by atoms with E-state index >= 15 is 0 Å². The summed E-state index contributed by atoms with van der Waals surface area (Å²) in [5, 5.41) is 17.8. The summed E-state index contributed by atoms with van der Waals surface area (Å²) in [4.78, 5) is 10.4. The lowest BCUT2D eigenvalue weighted by Gasteiger charge is -2.10. The number of hydrogen-bond acceptors (Lipinski definition) is 4. The summed E-state index contributed by atoms with van der Waals surface area (Å²) < 4.78 is 5.62. The van der Waals surface area contributed by atoms with E-state index in [2.05, 4.69) is 6.92 Å². The van der Waals surface area contributed by atoms with Gasteiger partial charge in [-0.25, -0.2) is 4.79 Å². The van der Waals surface area contributed by atoms with Crippen LogP contribution in [-0.2, 0) is 4.79 Å². The van der Waals surface area contributed by atoms with Gasteiger partial charge in [-0.1, -0.05) is 19.1 Å². The molecule has 0 bridgehead atoms. The van der Waals surface area contributed by atoms with Crippen molar-refractivity contribution < 1.29 is 19.7 Å². The monoisotopic (exact) mass is 296 g/mol. The topological polar surface area (TPSA) is 66.8 Å². The summed E-state index contributed by atoms with van der Waals surface area (Å²) in [5.41, 5.74) is 0.797. The summed E-state index contributed by atoms with van der Waals surface area (Å²) in [7, 11) is 0. The number of carboxylic acids is 1. The number of thioether (sulfide) groups is 1. The van der Waals surface area contributed by atoms with Gasteiger partial charge in [0.05, 0.1) is 6.61 Å². The Balaban J connectivity index is 2.37. The minimum absolute atomic E-state index is 0.215. The van der Waals surface area contributed by atoms with Gasteiger partial charge < -0.3 is 14.9 Å². The molecule has 1 atom stereocenters. The average molecular weight is 296 g/mol. The fourth-order valence-corrected chi connectivity index (χ4v) is 2.40. The summed E-state index contributed by atoms with van der Waals surface area (Å²) in [6.07, 6.45) is 3.43. The molecule has 0 saturated heterocycles. The number of carboxylic acid groups (broad SMARTS) is 1. The number of aliphatic hydroxyl groups is 1. The molecule has 0 radical (unpaired) electrons. The van der Waals surface area contributed by atoms with Crippen molar-refractivity contribution in [3.63, 3.8) is 0 Å². The largest absolute Gasteiger partial charge is 0.493 e. The van der Waals surface area contributed by atoms with Gasteiger partial charge in [0.25, 0.3) is 0 Å². The maximum absolute atomic E-state index is 10.4. The van der Waals surface area contributed by atoms with Crippen molar-refractivity contribution in [3.05, 3.63) is 35.9 Å². The van der Waals surface area contributed by atoms with Crippen LogP contribution in [0.1, 0.15) is 18.9 Å². The predicted octanol–water partition coefficient (Wildman–Crippen LogP) is 2.67. The quantitative estimate of drug-likeness (QED) is 0.542. The first-order valence-electron chi connectivity index (χ1n) is 6.48. The van der Waals surface area contributed by atoms with Gasteiger partial charge in [-0.15, -0.1) is 0 Å². The number of benzene rings is 1. The molecule has 0 aliphatic carbocycles. The normalized spacial score (nSPS) is 12.5. The fraction of sp³-hybridized carbons (Fsp3) is 0.400. The summed E-state index contributed by atoms with van der Waals surface area (Å²) in [5.74, 6) is 0.620. The molecule has 0 aliphatic heterocycles. The molecular weight excluding hydrogens is 276 g/mol. The van der Waals surface area contributed by atoms with E-state index in [-0.39, 0.29) is 6.61 Å². The lowest BCUT2D eigenvalue weighted by atomic mass is 10.2. The van der Waals surface area contributed by atoms with Gasteiger partial charge in [-0.2, -0.15) is 11.8 Å².